The van der Waals surface area contributed by atoms with Crippen LogP contribution in [-0.4, -0.2) is 41.8 Å². The van der Waals surface area contributed by atoms with Gasteiger partial charge in [-0.25, -0.2) is 9.59 Å². The largest absolute Gasteiger partial charge is 0.467 e. The molecule has 5 heteroatoms. The first-order chi connectivity index (χ1) is 7.77. The number of hydrogen-bond acceptors (Lipinski definition) is 4. The highest BCUT2D eigenvalue weighted by atomic mass is 16.6. The Bertz CT molecular complexity index is 317. The molecule has 1 heterocycles. The van der Waals surface area contributed by atoms with Gasteiger partial charge in [0.1, 0.15) is 11.1 Å². The summed E-state index contributed by atoms with van der Waals surface area (Å²) in [4.78, 5) is 25.2. The number of rotatable bonds is 2. The molecule has 0 aromatic heterocycles. The van der Waals surface area contributed by atoms with E-state index in [1.54, 1.807) is 20.8 Å². The zero-order valence-electron chi connectivity index (χ0n) is 11.2. The van der Waals surface area contributed by atoms with Crippen molar-refractivity contribution in [3.8, 4) is 0 Å². The van der Waals surface area contributed by atoms with Crippen LogP contribution < -0.4 is 0 Å². The van der Waals surface area contributed by atoms with Crippen LogP contribution in [0, 0.1) is 0 Å². The highest BCUT2D eigenvalue weighted by molar-refractivity contribution is 5.87. The molecule has 1 unspecified atom stereocenters. The summed E-state index contributed by atoms with van der Waals surface area (Å²) in [6, 6.07) is 0. The second-order valence-electron chi connectivity index (χ2n) is 5.26. The summed E-state index contributed by atoms with van der Waals surface area (Å²) in [5, 5.41) is 0. The first-order valence-electron chi connectivity index (χ1n) is 5.86. The molecule has 1 saturated heterocycles. The molecule has 0 spiro atoms. The molecule has 1 aliphatic heterocycles. The molecule has 1 aliphatic rings. The average Bonchev–Trinajstić information content (AvgIpc) is 2.14. The fraction of sp³-hybridized carbons (Fsp3) is 0.833. The molecular weight excluding hydrogens is 222 g/mol. The zero-order chi connectivity index (χ0) is 13.3. The Balaban J connectivity index is 2.79. The van der Waals surface area contributed by atoms with Crippen LogP contribution in [0.25, 0.3) is 0 Å². The van der Waals surface area contributed by atoms with Gasteiger partial charge in [0.25, 0.3) is 0 Å². The van der Waals surface area contributed by atoms with Crippen LogP contribution in [-0.2, 0) is 14.3 Å². The summed E-state index contributed by atoms with van der Waals surface area (Å²) >= 11 is 0. The van der Waals surface area contributed by atoms with E-state index in [0.717, 1.165) is 0 Å². The third kappa shape index (κ3) is 2.53. The van der Waals surface area contributed by atoms with Gasteiger partial charge in [0.15, 0.2) is 0 Å². The summed E-state index contributed by atoms with van der Waals surface area (Å²) in [6.07, 6.45) is 0.727. The topological polar surface area (TPSA) is 55.8 Å². The number of ether oxygens (including phenoxy) is 2. The van der Waals surface area contributed by atoms with Crippen LogP contribution in [0.4, 0.5) is 4.79 Å². The third-order valence-electron chi connectivity index (χ3n) is 3.03. The molecule has 5 nitrogen and oxygen atoms in total. The van der Waals surface area contributed by atoms with Gasteiger partial charge in [-0.3, -0.25) is 4.90 Å². The van der Waals surface area contributed by atoms with E-state index >= 15 is 0 Å². The van der Waals surface area contributed by atoms with E-state index in [4.69, 9.17) is 9.47 Å². The summed E-state index contributed by atoms with van der Waals surface area (Å²) < 4.78 is 10.0. The van der Waals surface area contributed by atoms with Crippen molar-refractivity contribution >= 4 is 12.1 Å². The summed E-state index contributed by atoms with van der Waals surface area (Å²) in [5.74, 6) is -0.364. The van der Waals surface area contributed by atoms with Crippen LogP contribution >= 0.6 is 0 Å². The van der Waals surface area contributed by atoms with Gasteiger partial charge < -0.3 is 9.47 Å². The number of likely N-dealkylation sites (tertiary alicyclic amines) is 1. The maximum Gasteiger partial charge on any atom is 0.411 e. The quantitative estimate of drug-likeness (QED) is 0.695. The monoisotopic (exact) mass is 243 g/mol. The highest BCUT2D eigenvalue weighted by Gasteiger charge is 2.54. The van der Waals surface area contributed by atoms with Gasteiger partial charge >= 0.3 is 12.1 Å². The average molecular weight is 243 g/mol. The second kappa shape index (κ2) is 4.55. The van der Waals surface area contributed by atoms with Gasteiger partial charge in [-0.15, -0.1) is 0 Å². The fourth-order valence-electron chi connectivity index (χ4n) is 1.99. The molecule has 0 aromatic rings. The molecule has 0 saturated carbocycles. The Labute approximate surface area is 102 Å². The lowest BCUT2D eigenvalue weighted by Crippen LogP contribution is -2.67. The SMILES string of the molecule is CCC1(C(=O)OC)CCN1C(=O)OC(C)(C)C. The number of carbonyl (C=O) groups excluding carboxylic acids is 2. The number of methoxy groups -OCH3 is 1. The van der Waals surface area contributed by atoms with E-state index < -0.39 is 17.2 Å². The van der Waals surface area contributed by atoms with E-state index in [2.05, 4.69) is 0 Å². The van der Waals surface area contributed by atoms with Crippen LogP contribution in [0.1, 0.15) is 40.5 Å². The van der Waals surface area contributed by atoms with Crippen LogP contribution in [0.15, 0.2) is 0 Å². The van der Waals surface area contributed by atoms with Gasteiger partial charge in [-0.05, 0) is 33.6 Å². The van der Waals surface area contributed by atoms with Gasteiger partial charge in [0, 0.05) is 6.54 Å². The maximum atomic E-state index is 11.9. The van der Waals surface area contributed by atoms with Gasteiger partial charge in [0.05, 0.1) is 7.11 Å². The minimum Gasteiger partial charge on any atom is -0.467 e. The number of amides is 1. The lowest BCUT2D eigenvalue weighted by molar-refractivity contribution is -0.164. The summed E-state index contributed by atoms with van der Waals surface area (Å²) in [6.45, 7) is 7.81. The number of nitrogens with zero attached hydrogens (tertiary/aromatic N) is 1. The van der Waals surface area contributed by atoms with Gasteiger partial charge in [-0.1, -0.05) is 6.92 Å². The van der Waals surface area contributed by atoms with Crippen molar-refractivity contribution in [2.75, 3.05) is 13.7 Å². The molecule has 98 valence electrons. The van der Waals surface area contributed by atoms with E-state index in [0.29, 0.717) is 19.4 Å². The Kier molecular flexibility index (Phi) is 3.69. The van der Waals surface area contributed by atoms with Crippen molar-refractivity contribution in [1.29, 1.82) is 0 Å². The van der Waals surface area contributed by atoms with Crippen molar-refractivity contribution < 1.29 is 19.1 Å². The fourth-order valence-corrected chi connectivity index (χ4v) is 1.99. The minimum atomic E-state index is -0.822. The predicted molar refractivity (Wildman–Crippen MR) is 62.6 cm³/mol. The molecule has 0 aliphatic carbocycles. The molecule has 0 radical (unpaired) electrons. The van der Waals surface area contributed by atoms with Crippen molar-refractivity contribution in [2.45, 2.75) is 51.7 Å². The normalized spacial score (nSPS) is 23.9. The first-order valence-corrected chi connectivity index (χ1v) is 5.86. The van der Waals surface area contributed by atoms with E-state index in [-0.39, 0.29) is 5.97 Å². The smallest absolute Gasteiger partial charge is 0.411 e. The molecule has 1 amide bonds. The number of esters is 1. The van der Waals surface area contributed by atoms with Crippen molar-refractivity contribution in [3.63, 3.8) is 0 Å². The summed E-state index contributed by atoms with van der Waals surface area (Å²) in [5.41, 5.74) is -1.38. The maximum absolute atomic E-state index is 11.9. The number of carbonyl (C=O) groups is 2. The molecule has 0 bridgehead atoms. The zero-order valence-corrected chi connectivity index (χ0v) is 11.2. The Morgan fingerprint density at radius 1 is 1.35 bits per heavy atom. The molecule has 17 heavy (non-hydrogen) atoms. The molecule has 1 fully saturated rings. The highest BCUT2D eigenvalue weighted by Crippen LogP contribution is 2.36. The van der Waals surface area contributed by atoms with Crippen LogP contribution in [0.5, 0.6) is 0 Å². The molecular formula is C12H21NO4. The van der Waals surface area contributed by atoms with Gasteiger partial charge in [0.2, 0.25) is 0 Å². The standard InChI is InChI=1S/C12H21NO4/c1-6-12(9(14)16-5)7-8-13(12)10(15)17-11(2,3)4/h6-8H2,1-5H3. The van der Waals surface area contributed by atoms with Crippen LogP contribution in [0.3, 0.4) is 0 Å². The van der Waals surface area contributed by atoms with Gasteiger partial charge in [-0.2, -0.15) is 0 Å². The summed E-state index contributed by atoms with van der Waals surface area (Å²) in [7, 11) is 1.34. The number of hydrogen-bond donors (Lipinski definition) is 0. The third-order valence-corrected chi connectivity index (χ3v) is 3.03. The lowest BCUT2D eigenvalue weighted by atomic mass is 9.82. The lowest BCUT2D eigenvalue weighted by Gasteiger charge is -2.49. The van der Waals surface area contributed by atoms with E-state index in [1.807, 2.05) is 6.92 Å². The van der Waals surface area contributed by atoms with Crippen molar-refractivity contribution in [1.82, 2.24) is 4.90 Å². The van der Waals surface area contributed by atoms with E-state index in [9.17, 15) is 9.59 Å². The van der Waals surface area contributed by atoms with Crippen molar-refractivity contribution in [3.05, 3.63) is 0 Å². The molecule has 1 rings (SSSR count). The second-order valence-corrected chi connectivity index (χ2v) is 5.26. The Morgan fingerprint density at radius 2 is 1.94 bits per heavy atom. The minimum absolute atomic E-state index is 0.364. The first kappa shape index (κ1) is 13.8. The van der Waals surface area contributed by atoms with Crippen molar-refractivity contribution in [2.24, 2.45) is 0 Å². The molecule has 0 N–H and O–H groups in total. The molecule has 1 atom stereocenters. The van der Waals surface area contributed by atoms with Crippen LogP contribution in [0.2, 0.25) is 0 Å². The Hall–Kier alpha value is -1.26. The van der Waals surface area contributed by atoms with E-state index in [1.165, 1.54) is 12.0 Å². The Morgan fingerprint density at radius 3 is 2.24 bits per heavy atom. The predicted octanol–water partition coefficient (Wildman–Crippen LogP) is 1.95. The molecule has 0 aromatic carbocycles.